The first kappa shape index (κ1) is 19.4. The third kappa shape index (κ3) is 3.93. The molecule has 158 valence electrons. The van der Waals surface area contributed by atoms with Crippen molar-refractivity contribution in [1.29, 1.82) is 0 Å². The topological polar surface area (TPSA) is 88.3 Å². The summed E-state index contributed by atoms with van der Waals surface area (Å²) in [5, 5.41) is 6.50. The molecule has 3 heterocycles. The lowest BCUT2D eigenvalue weighted by molar-refractivity contribution is 0.0767. The van der Waals surface area contributed by atoms with Crippen LogP contribution in [0.5, 0.6) is 0 Å². The largest absolute Gasteiger partial charge is 0.364 e. The fourth-order valence-electron chi connectivity index (χ4n) is 4.59. The molecule has 2 unspecified atom stereocenters. The zero-order chi connectivity index (χ0) is 21.4. The standard InChI is InChI=1S/C23H21FN4O3/c24-15-5-3-14(4-6-15)23(30)28-12-17-16(18(17)13-28)7-8-19-20(2-1-10-25-19)26-22(29)21-9-11-31-27-21/h1-6,9-11,16-18H,7-8,12-13H2,(H,26,29). The lowest BCUT2D eigenvalue weighted by atomic mass is 10.1. The first-order valence-electron chi connectivity index (χ1n) is 10.3. The molecule has 0 spiro atoms. The van der Waals surface area contributed by atoms with Gasteiger partial charge in [-0.1, -0.05) is 5.16 Å². The molecule has 2 fully saturated rings. The summed E-state index contributed by atoms with van der Waals surface area (Å²) >= 11 is 0. The third-order valence-corrected chi connectivity index (χ3v) is 6.27. The van der Waals surface area contributed by atoms with Crippen molar-refractivity contribution in [3.05, 3.63) is 77.7 Å². The number of nitrogens with zero attached hydrogens (tertiary/aromatic N) is 3. The predicted molar refractivity (Wildman–Crippen MR) is 110 cm³/mol. The van der Waals surface area contributed by atoms with Crippen molar-refractivity contribution in [2.45, 2.75) is 12.8 Å². The average molecular weight is 420 g/mol. The number of carbonyl (C=O) groups excluding carboxylic acids is 2. The summed E-state index contributed by atoms with van der Waals surface area (Å²) < 4.78 is 17.8. The Labute approximate surface area is 178 Å². The highest BCUT2D eigenvalue weighted by atomic mass is 19.1. The van der Waals surface area contributed by atoms with E-state index in [0.717, 1.165) is 31.6 Å². The number of fused-ring (bicyclic) bond motifs is 1. The molecule has 2 aromatic heterocycles. The number of amides is 2. The second kappa shape index (κ2) is 7.94. The van der Waals surface area contributed by atoms with Crippen LogP contribution in [0.4, 0.5) is 10.1 Å². The van der Waals surface area contributed by atoms with E-state index in [2.05, 4.69) is 15.5 Å². The SMILES string of the molecule is O=C(Nc1cccnc1CCC1C2CN(C(=O)c3ccc(F)cc3)CC12)c1ccon1. The molecular weight excluding hydrogens is 399 g/mol. The smallest absolute Gasteiger partial charge is 0.277 e. The van der Waals surface area contributed by atoms with Crippen molar-refractivity contribution in [3.63, 3.8) is 0 Å². The normalized spacial score (nSPS) is 21.6. The van der Waals surface area contributed by atoms with Gasteiger partial charge in [-0.25, -0.2) is 4.39 Å². The summed E-state index contributed by atoms with van der Waals surface area (Å²) in [6.07, 6.45) is 4.78. The monoisotopic (exact) mass is 420 g/mol. The molecule has 31 heavy (non-hydrogen) atoms. The zero-order valence-corrected chi connectivity index (χ0v) is 16.7. The van der Waals surface area contributed by atoms with E-state index in [0.29, 0.717) is 29.0 Å². The summed E-state index contributed by atoms with van der Waals surface area (Å²) in [5.41, 5.74) is 2.26. The predicted octanol–water partition coefficient (Wildman–Crippen LogP) is 3.41. The van der Waals surface area contributed by atoms with Gasteiger partial charge in [-0.15, -0.1) is 0 Å². The van der Waals surface area contributed by atoms with Crippen molar-refractivity contribution in [2.24, 2.45) is 17.8 Å². The van der Waals surface area contributed by atoms with E-state index in [1.165, 1.54) is 36.6 Å². The van der Waals surface area contributed by atoms with Crippen LogP contribution in [0.1, 0.15) is 33.0 Å². The zero-order valence-electron chi connectivity index (χ0n) is 16.7. The Morgan fingerprint density at radius 2 is 1.90 bits per heavy atom. The quantitative estimate of drug-likeness (QED) is 0.660. The van der Waals surface area contributed by atoms with Crippen LogP contribution in [0, 0.1) is 23.6 Å². The minimum Gasteiger partial charge on any atom is -0.364 e. The molecule has 1 aliphatic heterocycles. The summed E-state index contributed by atoms with van der Waals surface area (Å²) in [6, 6.07) is 10.8. The van der Waals surface area contributed by atoms with Gasteiger partial charge in [0.25, 0.3) is 11.8 Å². The maximum atomic E-state index is 13.1. The molecular formula is C23H21FN4O3. The molecule has 5 rings (SSSR count). The van der Waals surface area contributed by atoms with Gasteiger partial charge in [0.15, 0.2) is 5.69 Å². The van der Waals surface area contributed by atoms with Gasteiger partial charge < -0.3 is 14.7 Å². The number of hydrogen-bond donors (Lipinski definition) is 1. The lowest BCUT2D eigenvalue weighted by Gasteiger charge is -2.20. The highest BCUT2D eigenvalue weighted by Crippen LogP contribution is 2.54. The molecule has 7 nitrogen and oxygen atoms in total. The van der Waals surface area contributed by atoms with Crippen molar-refractivity contribution >= 4 is 17.5 Å². The summed E-state index contributed by atoms with van der Waals surface area (Å²) in [7, 11) is 0. The number of nitrogens with one attached hydrogen (secondary N) is 1. The molecule has 1 N–H and O–H groups in total. The molecule has 1 saturated heterocycles. The number of rotatable bonds is 6. The Kier molecular flexibility index (Phi) is 4.97. The first-order valence-corrected chi connectivity index (χ1v) is 10.3. The van der Waals surface area contributed by atoms with Crippen LogP contribution in [0.25, 0.3) is 0 Å². The summed E-state index contributed by atoms with van der Waals surface area (Å²) in [6.45, 7) is 1.48. The number of hydrogen-bond acceptors (Lipinski definition) is 5. The van der Waals surface area contributed by atoms with E-state index in [-0.39, 0.29) is 23.3 Å². The second-order valence-electron chi connectivity index (χ2n) is 8.08. The number of benzene rings is 1. The number of aromatic nitrogens is 2. The van der Waals surface area contributed by atoms with Crippen LogP contribution in [0.15, 0.2) is 59.4 Å². The Morgan fingerprint density at radius 1 is 1.13 bits per heavy atom. The third-order valence-electron chi connectivity index (χ3n) is 6.27. The Bertz CT molecular complexity index is 1090. The van der Waals surface area contributed by atoms with Crippen LogP contribution >= 0.6 is 0 Å². The van der Waals surface area contributed by atoms with Crippen LogP contribution in [0.2, 0.25) is 0 Å². The second-order valence-corrected chi connectivity index (χ2v) is 8.08. The van der Waals surface area contributed by atoms with Crippen molar-refractivity contribution in [3.8, 4) is 0 Å². The van der Waals surface area contributed by atoms with E-state index in [1.54, 1.807) is 12.3 Å². The Morgan fingerprint density at radius 3 is 2.61 bits per heavy atom. The molecule has 1 aliphatic carbocycles. The summed E-state index contributed by atoms with van der Waals surface area (Å²) in [4.78, 5) is 31.2. The molecule has 0 bridgehead atoms. The van der Waals surface area contributed by atoms with Gasteiger partial charge in [-0.2, -0.15) is 0 Å². The maximum Gasteiger partial charge on any atom is 0.277 e. The number of aryl methyl sites for hydroxylation is 1. The molecule has 8 heteroatoms. The fourth-order valence-corrected chi connectivity index (χ4v) is 4.59. The number of piperidine rings is 1. The number of carbonyl (C=O) groups is 2. The van der Waals surface area contributed by atoms with Gasteiger partial charge in [-0.3, -0.25) is 14.6 Å². The van der Waals surface area contributed by atoms with Crippen molar-refractivity contribution in [2.75, 3.05) is 18.4 Å². The molecule has 1 saturated carbocycles. The number of halogens is 1. The van der Waals surface area contributed by atoms with Gasteiger partial charge in [0, 0.05) is 30.9 Å². The molecule has 2 aliphatic rings. The highest BCUT2D eigenvalue weighted by Gasteiger charge is 2.55. The lowest BCUT2D eigenvalue weighted by Crippen LogP contribution is -2.31. The van der Waals surface area contributed by atoms with E-state index in [9.17, 15) is 14.0 Å². The highest BCUT2D eigenvalue weighted by molar-refractivity contribution is 6.03. The fraction of sp³-hybridized carbons (Fsp3) is 0.304. The first-order chi connectivity index (χ1) is 15.1. The number of likely N-dealkylation sites (tertiary alicyclic amines) is 1. The molecule has 2 amide bonds. The minimum absolute atomic E-state index is 0.0338. The number of anilines is 1. The van der Waals surface area contributed by atoms with E-state index in [4.69, 9.17) is 4.52 Å². The van der Waals surface area contributed by atoms with Gasteiger partial charge in [-0.05, 0) is 67.0 Å². The van der Waals surface area contributed by atoms with Gasteiger partial charge in [0.1, 0.15) is 12.1 Å². The number of pyridine rings is 1. The van der Waals surface area contributed by atoms with Crippen molar-refractivity contribution in [1.82, 2.24) is 15.0 Å². The van der Waals surface area contributed by atoms with Gasteiger partial charge in [0.05, 0.1) is 11.4 Å². The maximum absolute atomic E-state index is 13.1. The Hall–Kier alpha value is -3.55. The van der Waals surface area contributed by atoms with Crippen LogP contribution in [0.3, 0.4) is 0 Å². The van der Waals surface area contributed by atoms with Gasteiger partial charge >= 0.3 is 0 Å². The van der Waals surface area contributed by atoms with Gasteiger partial charge in [0.2, 0.25) is 0 Å². The van der Waals surface area contributed by atoms with E-state index < -0.39 is 0 Å². The Balaban J connectivity index is 1.15. The van der Waals surface area contributed by atoms with Crippen LogP contribution < -0.4 is 5.32 Å². The van der Waals surface area contributed by atoms with E-state index >= 15 is 0 Å². The average Bonchev–Trinajstić information content (AvgIpc) is 3.19. The minimum atomic E-state index is -0.341. The molecule has 2 atom stereocenters. The molecule has 3 aromatic rings. The summed E-state index contributed by atoms with van der Waals surface area (Å²) in [5.74, 6) is 0.850. The van der Waals surface area contributed by atoms with E-state index in [1.807, 2.05) is 11.0 Å². The molecule has 0 radical (unpaired) electrons. The van der Waals surface area contributed by atoms with Crippen LogP contribution in [-0.4, -0.2) is 39.9 Å². The van der Waals surface area contributed by atoms with Crippen LogP contribution in [-0.2, 0) is 6.42 Å². The molecule has 1 aromatic carbocycles. The van der Waals surface area contributed by atoms with Crippen molar-refractivity contribution < 1.29 is 18.5 Å².